The molecule has 6 nitrogen and oxygen atoms in total. The van der Waals surface area contributed by atoms with Crippen molar-refractivity contribution in [3.05, 3.63) is 70.3 Å². The van der Waals surface area contributed by atoms with Crippen LogP contribution in [0.1, 0.15) is 52.7 Å². The lowest BCUT2D eigenvalue weighted by Gasteiger charge is -2.32. The molecule has 0 aliphatic heterocycles. The number of carbonyl (C=O) groups is 2. The molecule has 0 unspecified atom stereocenters. The number of nitrogens with zero attached hydrogens (tertiary/aromatic N) is 1. The molecule has 1 aliphatic carbocycles. The number of methoxy groups -OCH3 is 1. The van der Waals surface area contributed by atoms with Crippen LogP contribution in [0, 0.1) is 6.92 Å². The Morgan fingerprint density at radius 3 is 2.65 bits per heavy atom. The predicted molar refractivity (Wildman–Crippen MR) is 121 cm³/mol. The van der Waals surface area contributed by atoms with Crippen molar-refractivity contribution in [1.29, 1.82) is 0 Å². The molecule has 0 saturated heterocycles. The number of nitrogens with one attached hydrogen (secondary N) is 1. The maximum absolute atomic E-state index is 13.7. The summed E-state index contributed by atoms with van der Waals surface area (Å²) in [7, 11) is 1.56. The molecule has 7 heteroatoms. The second-order valence-corrected chi connectivity index (χ2v) is 8.71. The fraction of sp³-hybridized carbons (Fsp3) is 0.333. The summed E-state index contributed by atoms with van der Waals surface area (Å²) in [5, 5.41) is 5.08. The Hall–Kier alpha value is -3.06. The van der Waals surface area contributed by atoms with Crippen molar-refractivity contribution in [3.8, 4) is 5.75 Å². The fourth-order valence-corrected chi connectivity index (χ4v) is 4.86. The van der Waals surface area contributed by atoms with E-state index in [1.54, 1.807) is 19.2 Å². The number of benzene rings is 1. The third kappa shape index (κ3) is 4.51. The summed E-state index contributed by atoms with van der Waals surface area (Å²) in [5.41, 5.74) is 1.48. The van der Waals surface area contributed by atoms with Gasteiger partial charge in [-0.15, -0.1) is 11.3 Å². The van der Waals surface area contributed by atoms with Crippen LogP contribution in [0.25, 0.3) is 0 Å². The standard InChI is InChI=1S/C24H26N2O4S/c1-16-11-12-19(29-2)18(15-16)26(24(28)20-9-5-13-30-20)22(21-10-6-14-31-21)23(27)25-17-7-3-4-8-17/h5-6,9-15,17,22H,3-4,7-8H2,1-2H3,(H,25,27)/t22-/m1/s1. The Balaban J connectivity index is 1.83. The third-order valence-electron chi connectivity index (χ3n) is 5.57. The maximum Gasteiger partial charge on any atom is 0.295 e. The van der Waals surface area contributed by atoms with Crippen molar-refractivity contribution in [3.63, 3.8) is 0 Å². The van der Waals surface area contributed by atoms with Crippen molar-refractivity contribution in [1.82, 2.24) is 5.32 Å². The first-order valence-electron chi connectivity index (χ1n) is 10.4. The van der Waals surface area contributed by atoms with Gasteiger partial charge in [-0.1, -0.05) is 25.0 Å². The molecule has 1 N–H and O–H groups in total. The minimum atomic E-state index is -0.839. The van der Waals surface area contributed by atoms with E-state index in [1.807, 2.05) is 42.6 Å². The second kappa shape index (κ2) is 9.39. The molecule has 1 fully saturated rings. The van der Waals surface area contributed by atoms with Crippen molar-refractivity contribution in [2.75, 3.05) is 12.0 Å². The summed E-state index contributed by atoms with van der Waals surface area (Å²) in [6.07, 6.45) is 5.59. The molecule has 1 atom stereocenters. The summed E-state index contributed by atoms with van der Waals surface area (Å²) < 4.78 is 11.0. The lowest BCUT2D eigenvalue weighted by Crippen LogP contribution is -2.46. The van der Waals surface area contributed by atoms with Crippen molar-refractivity contribution >= 4 is 28.8 Å². The smallest absolute Gasteiger partial charge is 0.295 e. The van der Waals surface area contributed by atoms with Crippen LogP contribution in [-0.2, 0) is 4.79 Å². The van der Waals surface area contributed by atoms with Crippen LogP contribution in [-0.4, -0.2) is 25.0 Å². The fourth-order valence-electron chi connectivity index (χ4n) is 4.04. The Morgan fingerprint density at radius 1 is 1.19 bits per heavy atom. The molecule has 2 aromatic heterocycles. The first-order chi connectivity index (χ1) is 15.1. The van der Waals surface area contributed by atoms with Gasteiger partial charge < -0.3 is 14.5 Å². The lowest BCUT2D eigenvalue weighted by molar-refractivity contribution is -0.123. The maximum atomic E-state index is 13.7. The van der Waals surface area contributed by atoms with Gasteiger partial charge >= 0.3 is 0 Å². The lowest BCUT2D eigenvalue weighted by atomic mass is 10.1. The van der Waals surface area contributed by atoms with Gasteiger partial charge in [0.1, 0.15) is 5.75 Å². The molecule has 4 rings (SSSR count). The highest BCUT2D eigenvalue weighted by Gasteiger charge is 2.37. The zero-order valence-electron chi connectivity index (χ0n) is 17.7. The van der Waals surface area contributed by atoms with Gasteiger partial charge in [-0.2, -0.15) is 0 Å². The van der Waals surface area contributed by atoms with E-state index >= 15 is 0 Å². The molecule has 0 spiro atoms. The van der Waals surface area contributed by atoms with E-state index < -0.39 is 11.9 Å². The molecule has 1 aliphatic rings. The number of hydrogen-bond acceptors (Lipinski definition) is 5. The Bertz CT molecular complexity index is 1020. The number of aryl methyl sites for hydroxylation is 1. The van der Waals surface area contributed by atoms with Crippen LogP contribution in [0.3, 0.4) is 0 Å². The van der Waals surface area contributed by atoms with E-state index in [9.17, 15) is 9.59 Å². The summed E-state index contributed by atoms with van der Waals surface area (Å²) >= 11 is 1.45. The van der Waals surface area contributed by atoms with Gasteiger partial charge in [0.05, 0.1) is 19.1 Å². The number of furan rings is 1. The summed E-state index contributed by atoms with van der Waals surface area (Å²) in [6.45, 7) is 1.94. The molecular weight excluding hydrogens is 412 g/mol. The van der Waals surface area contributed by atoms with E-state index in [1.165, 1.54) is 22.5 Å². The van der Waals surface area contributed by atoms with Gasteiger partial charge in [-0.3, -0.25) is 14.5 Å². The largest absolute Gasteiger partial charge is 0.495 e. The van der Waals surface area contributed by atoms with Gasteiger partial charge in [0.25, 0.3) is 5.91 Å². The van der Waals surface area contributed by atoms with E-state index in [0.29, 0.717) is 11.4 Å². The number of hydrogen-bond donors (Lipinski definition) is 1. The van der Waals surface area contributed by atoms with Crippen LogP contribution in [0.5, 0.6) is 5.75 Å². The molecule has 31 heavy (non-hydrogen) atoms. The Morgan fingerprint density at radius 2 is 2.00 bits per heavy atom. The number of anilines is 1. The quantitative estimate of drug-likeness (QED) is 0.557. The van der Waals surface area contributed by atoms with Crippen LogP contribution >= 0.6 is 11.3 Å². The average Bonchev–Trinajstić information content (AvgIpc) is 3.55. The molecule has 2 heterocycles. The molecular formula is C24H26N2O4S. The monoisotopic (exact) mass is 438 g/mol. The van der Waals surface area contributed by atoms with Gasteiger partial charge in [0, 0.05) is 10.9 Å². The van der Waals surface area contributed by atoms with E-state index in [2.05, 4.69) is 5.32 Å². The van der Waals surface area contributed by atoms with E-state index in [0.717, 1.165) is 36.1 Å². The van der Waals surface area contributed by atoms with Gasteiger partial charge in [0.15, 0.2) is 11.8 Å². The molecule has 162 valence electrons. The molecule has 2 amide bonds. The Labute approximate surface area is 185 Å². The molecule has 0 bridgehead atoms. The number of rotatable bonds is 7. The van der Waals surface area contributed by atoms with Crippen LogP contribution < -0.4 is 15.0 Å². The summed E-state index contributed by atoms with van der Waals surface area (Å²) in [5.74, 6) is 0.0891. The first-order valence-corrected chi connectivity index (χ1v) is 11.3. The van der Waals surface area contributed by atoms with Gasteiger partial charge in [-0.05, 0) is 61.0 Å². The first kappa shape index (κ1) is 21.2. The number of carbonyl (C=O) groups excluding carboxylic acids is 2. The molecule has 3 aromatic rings. The predicted octanol–water partition coefficient (Wildman–Crippen LogP) is 5.11. The molecule has 0 radical (unpaired) electrons. The van der Waals surface area contributed by atoms with Crippen LogP contribution in [0.2, 0.25) is 0 Å². The zero-order chi connectivity index (χ0) is 21.8. The highest BCUT2D eigenvalue weighted by atomic mass is 32.1. The normalized spacial score (nSPS) is 14.9. The van der Waals surface area contributed by atoms with Crippen molar-refractivity contribution < 1.29 is 18.7 Å². The minimum Gasteiger partial charge on any atom is -0.495 e. The highest BCUT2D eigenvalue weighted by molar-refractivity contribution is 7.10. The summed E-state index contributed by atoms with van der Waals surface area (Å²) in [4.78, 5) is 29.5. The number of thiophene rings is 1. The van der Waals surface area contributed by atoms with Crippen LogP contribution in [0.15, 0.2) is 58.5 Å². The van der Waals surface area contributed by atoms with Crippen LogP contribution in [0.4, 0.5) is 5.69 Å². The minimum absolute atomic E-state index is 0.134. The van der Waals surface area contributed by atoms with E-state index in [-0.39, 0.29) is 17.7 Å². The molecule has 1 saturated carbocycles. The second-order valence-electron chi connectivity index (χ2n) is 7.74. The third-order valence-corrected chi connectivity index (χ3v) is 6.49. The average molecular weight is 439 g/mol. The number of amides is 2. The van der Waals surface area contributed by atoms with Gasteiger partial charge in [0.2, 0.25) is 5.91 Å². The van der Waals surface area contributed by atoms with Crippen molar-refractivity contribution in [2.45, 2.75) is 44.7 Å². The molecule has 1 aromatic carbocycles. The zero-order valence-corrected chi connectivity index (χ0v) is 18.5. The number of ether oxygens (including phenoxy) is 1. The van der Waals surface area contributed by atoms with Crippen molar-refractivity contribution in [2.24, 2.45) is 0 Å². The topological polar surface area (TPSA) is 71.8 Å². The highest BCUT2D eigenvalue weighted by Crippen LogP contribution is 2.38. The van der Waals surface area contributed by atoms with Gasteiger partial charge in [-0.25, -0.2) is 0 Å². The SMILES string of the molecule is COc1ccc(C)cc1N(C(=O)c1ccco1)[C@@H](C(=O)NC1CCCC1)c1cccs1. The Kier molecular flexibility index (Phi) is 6.42. The van der Waals surface area contributed by atoms with E-state index in [4.69, 9.17) is 9.15 Å². The summed E-state index contributed by atoms with van der Waals surface area (Å²) in [6, 6.07) is 11.9.